The van der Waals surface area contributed by atoms with Crippen molar-refractivity contribution < 1.29 is 9.53 Å². The minimum absolute atomic E-state index is 0.347. The first kappa shape index (κ1) is 17.0. The first-order chi connectivity index (χ1) is 11.0. The zero-order chi connectivity index (χ0) is 16.8. The van der Waals surface area contributed by atoms with Gasteiger partial charge in [-0.1, -0.05) is 23.5 Å². The van der Waals surface area contributed by atoms with Crippen LogP contribution in [0.4, 0.5) is 10.8 Å². The summed E-state index contributed by atoms with van der Waals surface area (Å²) in [5, 5.41) is 4.72. The maximum Gasteiger partial charge on any atom is 0.350 e. The molecule has 0 saturated carbocycles. The molecule has 0 unspecified atom stereocenters. The molecule has 1 N–H and O–H groups in total. The number of hydrogen-bond acceptors (Lipinski definition) is 7. The highest BCUT2D eigenvalue weighted by molar-refractivity contribution is 7.17. The molecule has 0 bridgehead atoms. The molecule has 0 aliphatic rings. The Morgan fingerprint density at radius 1 is 1.39 bits per heavy atom. The minimum atomic E-state index is -0.348. The lowest BCUT2D eigenvalue weighted by atomic mass is 10.2. The second-order valence-electron chi connectivity index (χ2n) is 5.01. The van der Waals surface area contributed by atoms with Crippen molar-refractivity contribution in [2.75, 3.05) is 31.0 Å². The predicted molar refractivity (Wildman–Crippen MR) is 94.8 cm³/mol. The molecule has 0 atom stereocenters. The Labute approximate surface area is 139 Å². The summed E-state index contributed by atoms with van der Waals surface area (Å²) in [7, 11) is 3.99. The van der Waals surface area contributed by atoms with Crippen LogP contribution in [-0.2, 0) is 4.74 Å². The summed E-state index contributed by atoms with van der Waals surface area (Å²) >= 11 is 1.23. The van der Waals surface area contributed by atoms with E-state index in [9.17, 15) is 4.79 Å². The van der Waals surface area contributed by atoms with Gasteiger partial charge in [0.05, 0.1) is 18.5 Å². The summed E-state index contributed by atoms with van der Waals surface area (Å²) in [6, 6.07) is 8.01. The molecule has 2 rings (SSSR count). The van der Waals surface area contributed by atoms with Gasteiger partial charge in [0.25, 0.3) is 0 Å². The number of ether oxygens (including phenoxy) is 1. The molecule has 7 heteroatoms. The number of carbonyl (C=O) groups is 1. The van der Waals surface area contributed by atoms with Crippen LogP contribution in [0.5, 0.6) is 0 Å². The number of hydrogen-bond donors (Lipinski definition) is 1. The molecular formula is C16H20N4O2S. The van der Waals surface area contributed by atoms with Crippen molar-refractivity contribution in [1.29, 1.82) is 0 Å². The molecule has 122 valence electrons. The minimum Gasteiger partial charge on any atom is -0.462 e. The van der Waals surface area contributed by atoms with E-state index >= 15 is 0 Å². The Morgan fingerprint density at radius 2 is 2.09 bits per heavy atom. The fraction of sp³-hybridized carbons (Fsp3) is 0.312. The topological polar surface area (TPSA) is 66.8 Å². The van der Waals surface area contributed by atoms with Gasteiger partial charge in [0.1, 0.15) is 4.88 Å². The Bertz CT molecular complexity index is 693. The van der Waals surface area contributed by atoms with Gasteiger partial charge < -0.3 is 9.64 Å². The van der Waals surface area contributed by atoms with E-state index in [0.29, 0.717) is 22.3 Å². The molecule has 0 amide bonds. The fourth-order valence-electron chi connectivity index (χ4n) is 1.85. The van der Waals surface area contributed by atoms with E-state index < -0.39 is 0 Å². The highest BCUT2D eigenvalue weighted by atomic mass is 32.1. The lowest BCUT2D eigenvalue weighted by Crippen LogP contribution is -2.08. The van der Waals surface area contributed by atoms with Crippen LogP contribution in [0, 0.1) is 6.92 Å². The number of benzene rings is 1. The van der Waals surface area contributed by atoms with Gasteiger partial charge in [-0.05, 0) is 31.5 Å². The van der Waals surface area contributed by atoms with Crippen molar-refractivity contribution in [1.82, 2.24) is 4.98 Å². The van der Waals surface area contributed by atoms with E-state index in [2.05, 4.69) is 15.5 Å². The molecule has 0 aliphatic carbocycles. The van der Waals surface area contributed by atoms with Crippen molar-refractivity contribution in [3.05, 3.63) is 40.4 Å². The lowest BCUT2D eigenvalue weighted by Gasteiger charge is -2.11. The number of carbonyl (C=O) groups excluding carboxylic acids is 1. The third-order valence-electron chi connectivity index (χ3n) is 3.04. The van der Waals surface area contributed by atoms with E-state index in [0.717, 1.165) is 11.3 Å². The summed E-state index contributed by atoms with van der Waals surface area (Å²) in [5.41, 5.74) is 5.59. The van der Waals surface area contributed by atoms with Crippen molar-refractivity contribution in [2.45, 2.75) is 13.8 Å². The molecule has 0 saturated heterocycles. The summed E-state index contributed by atoms with van der Waals surface area (Å²) in [6.07, 6.45) is 1.71. The van der Waals surface area contributed by atoms with Gasteiger partial charge in [-0.15, -0.1) is 0 Å². The van der Waals surface area contributed by atoms with Gasteiger partial charge in [0.15, 0.2) is 0 Å². The number of anilines is 2. The van der Waals surface area contributed by atoms with Gasteiger partial charge in [0, 0.05) is 19.8 Å². The Kier molecular flexibility index (Phi) is 5.70. The van der Waals surface area contributed by atoms with Crippen molar-refractivity contribution in [3.63, 3.8) is 0 Å². The summed E-state index contributed by atoms with van der Waals surface area (Å²) < 4.78 is 4.99. The molecule has 2 aromatic rings. The quantitative estimate of drug-likeness (QED) is 0.500. The number of nitrogens with one attached hydrogen (secondary N) is 1. The largest absolute Gasteiger partial charge is 0.462 e. The van der Waals surface area contributed by atoms with Gasteiger partial charge in [-0.2, -0.15) is 5.10 Å². The molecule has 0 aliphatic heterocycles. The first-order valence-corrected chi connectivity index (χ1v) is 8.04. The van der Waals surface area contributed by atoms with Crippen LogP contribution < -0.4 is 10.3 Å². The average molecular weight is 332 g/mol. The van der Waals surface area contributed by atoms with Crippen molar-refractivity contribution in [2.24, 2.45) is 5.10 Å². The molecule has 23 heavy (non-hydrogen) atoms. The smallest absolute Gasteiger partial charge is 0.350 e. The summed E-state index contributed by atoms with van der Waals surface area (Å²) in [4.78, 5) is 18.5. The number of nitrogens with zero attached hydrogens (tertiary/aromatic N) is 3. The van der Waals surface area contributed by atoms with Crippen LogP contribution in [-0.4, -0.2) is 37.9 Å². The standard InChI is InChI=1S/C16H20N4O2S/c1-5-22-15(21)14-11(2)18-16(23-14)19-17-10-12-6-8-13(9-7-12)20(3)4/h6-10H,5H2,1-4H3,(H,18,19). The van der Waals surface area contributed by atoms with Gasteiger partial charge in [0.2, 0.25) is 5.13 Å². The highest BCUT2D eigenvalue weighted by Crippen LogP contribution is 2.23. The third kappa shape index (κ3) is 4.53. The number of rotatable bonds is 6. The first-order valence-electron chi connectivity index (χ1n) is 7.22. The van der Waals surface area contributed by atoms with Crippen LogP contribution in [0.25, 0.3) is 0 Å². The Hall–Kier alpha value is -2.41. The average Bonchev–Trinajstić information content (AvgIpc) is 2.89. The van der Waals surface area contributed by atoms with Gasteiger partial charge >= 0.3 is 5.97 Å². The number of thiazole rings is 1. The van der Waals surface area contributed by atoms with Crippen molar-refractivity contribution >= 4 is 34.3 Å². The maximum absolute atomic E-state index is 11.7. The Morgan fingerprint density at radius 3 is 2.70 bits per heavy atom. The molecule has 1 heterocycles. The van der Waals surface area contributed by atoms with E-state index in [-0.39, 0.29) is 5.97 Å². The molecular weight excluding hydrogens is 312 g/mol. The van der Waals surface area contributed by atoms with Crippen LogP contribution in [0.3, 0.4) is 0 Å². The SMILES string of the molecule is CCOC(=O)c1sc(NN=Cc2ccc(N(C)C)cc2)nc1C. The second kappa shape index (κ2) is 7.73. The highest BCUT2D eigenvalue weighted by Gasteiger charge is 2.15. The number of esters is 1. The fourth-order valence-corrected chi connectivity index (χ4v) is 2.66. The second-order valence-corrected chi connectivity index (χ2v) is 6.01. The van der Waals surface area contributed by atoms with Crippen molar-refractivity contribution in [3.8, 4) is 0 Å². The summed E-state index contributed by atoms with van der Waals surface area (Å²) in [6.45, 7) is 3.90. The van der Waals surface area contributed by atoms with Crippen LogP contribution in [0.2, 0.25) is 0 Å². The van der Waals surface area contributed by atoms with Crippen LogP contribution >= 0.6 is 11.3 Å². The Balaban J connectivity index is 2.00. The lowest BCUT2D eigenvalue weighted by molar-refractivity contribution is 0.0531. The van der Waals surface area contributed by atoms with Gasteiger partial charge in [-0.25, -0.2) is 9.78 Å². The van der Waals surface area contributed by atoms with Crippen LogP contribution in [0.15, 0.2) is 29.4 Å². The number of aromatic nitrogens is 1. The predicted octanol–water partition coefficient (Wildman–Crippen LogP) is 3.14. The maximum atomic E-state index is 11.7. The summed E-state index contributed by atoms with van der Waals surface area (Å²) in [5.74, 6) is -0.348. The molecule has 1 aromatic heterocycles. The molecule has 6 nitrogen and oxygen atoms in total. The molecule has 0 fully saturated rings. The number of aryl methyl sites for hydroxylation is 1. The monoisotopic (exact) mass is 332 g/mol. The zero-order valence-electron chi connectivity index (χ0n) is 13.7. The van der Waals surface area contributed by atoms with E-state index in [1.165, 1.54) is 11.3 Å². The van der Waals surface area contributed by atoms with E-state index in [1.807, 2.05) is 43.3 Å². The normalized spacial score (nSPS) is 10.8. The van der Waals surface area contributed by atoms with Gasteiger partial charge in [-0.3, -0.25) is 5.43 Å². The zero-order valence-corrected chi connectivity index (χ0v) is 14.5. The molecule has 1 aromatic carbocycles. The van der Waals surface area contributed by atoms with Crippen LogP contribution in [0.1, 0.15) is 27.9 Å². The van der Waals surface area contributed by atoms with E-state index in [1.54, 1.807) is 20.1 Å². The number of hydrazone groups is 1. The van der Waals surface area contributed by atoms with E-state index in [4.69, 9.17) is 4.74 Å². The third-order valence-corrected chi connectivity index (χ3v) is 4.08. The molecule has 0 radical (unpaired) electrons. The molecule has 0 spiro atoms.